The van der Waals surface area contributed by atoms with E-state index < -0.39 is 0 Å². The quantitative estimate of drug-likeness (QED) is 0.527. The number of rotatable bonds is 8. The molecule has 3 aromatic carbocycles. The van der Waals surface area contributed by atoms with E-state index in [0.717, 1.165) is 11.3 Å². The van der Waals surface area contributed by atoms with E-state index in [1.807, 2.05) is 47.9 Å². The van der Waals surface area contributed by atoms with Crippen LogP contribution in [0.5, 0.6) is 11.5 Å². The predicted octanol–water partition coefficient (Wildman–Crippen LogP) is 5.15. The number of carbonyl (C=O) groups is 1. The summed E-state index contributed by atoms with van der Waals surface area (Å²) in [6.45, 7) is 0. The Kier molecular flexibility index (Phi) is 7.40. The van der Waals surface area contributed by atoms with Gasteiger partial charge in [0.05, 0.1) is 14.2 Å². The van der Waals surface area contributed by atoms with Crippen LogP contribution in [0.3, 0.4) is 0 Å². The molecule has 0 aliphatic carbocycles. The van der Waals surface area contributed by atoms with Gasteiger partial charge in [-0.15, -0.1) is 11.8 Å². The zero-order valence-corrected chi connectivity index (χ0v) is 17.7. The van der Waals surface area contributed by atoms with Crippen molar-refractivity contribution in [2.45, 2.75) is 5.75 Å². The van der Waals surface area contributed by atoms with E-state index in [4.69, 9.17) is 15.2 Å². The van der Waals surface area contributed by atoms with Gasteiger partial charge in [-0.3, -0.25) is 4.79 Å². The van der Waals surface area contributed by atoms with Gasteiger partial charge in [-0.05, 0) is 46.9 Å². The Morgan fingerprint density at radius 2 is 1.70 bits per heavy atom. The molecule has 0 saturated heterocycles. The van der Waals surface area contributed by atoms with E-state index in [2.05, 4.69) is 17.4 Å². The van der Waals surface area contributed by atoms with E-state index in [1.54, 1.807) is 37.1 Å². The molecule has 0 aliphatic rings. The highest BCUT2D eigenvalue weighted by Gasteiger charge is 2.11. The highest BCUT2D eigenvalue weighted by molar-refractivity contribution is 8.01. The molecule has 3 aromatic rings. The molecule has 3 rings (SSSR count). The number of nitrogens with two attached hydrogens (primary N) is 1. The van der Waals surface area contributed by atoms with Crippen molar-refractivity contribution in [1.29, 1.82) is 0 Å². The monoisotopic (exact) mass is 420 g/mol. The van der Waals surface area contributed by atoms with Gasteiger partial charge in [0.25, 0.3) is 5.91 Å². The molecule has 0 heterocycles. The van der Waals surface area contributed by atoms with Crippen LogP contribution in [-0.4, -0.2) is 20.1 Å². The Balaban J connectivity index is 1.67. The van der Waals surface area contributed by atoms with Crippen LogP contribution in [0.15, 0.2) is 78.2 Å². The number of carbonyl (C=O) groups excluding carboxylic acids is 1. The zero-order chi connectivity index (χ0) is 21.3. The van der Waals surface area contributed by atoms with Crippen LogP contribution in [0.2, 0.25) is 0 Å². The van der Waals surface area contributed by atoms with E-state index in [1.165, 1.54) is 12.7 Å². The first kappa shape index (κ1) is 21.3. The molecule has 0 atom stereocenters. The number of hydrogen-bond donors (Lipinski definition) is 2. The van der Waals surface area contributed by atoms with Gasteiger partial charge >= 0.3 is 0 Å². The third kappa shape index (κ3) is 5.58. The highest BCUT2D eigenvalue weighted by atomic mass is 32.2. The second kappa shape index (κ2) is 10.4. The molecule has 0 aromatic heterocycles. The first-order valence-corrected chi connectivity index (χ1v) is 10.4. The largest absolute Gasteiger partial charge is 0.493 e. The van der Waals surface area contributed by atoms with E-state index >= 15 is 0 Å². The minimum absolute atomic E-state index is 0.242. The van der Waals surface area contributed by atoms with E-state index in [9.17, 15) is 4.79 Å². The SMILES string of the molecule is COc1ccc(C(=O)Nc2cccc(/C(N)=C/SCc3ccccc3)c2)cc1OC. The van der Waals surface area contributed by atoms with Gasteiger partial charge in [-0.1, -0.05) is 42.5 Å². The maximum absolute atomic E-state index is 12.6. The van der Waals surface area contributed by atoms with Crippen molar-refractivity contribution in [3.05, 3.63) is 94.9 Å². The fourth-order valence-corrected chi connectivity index (χ4v) is 3.61. The summed E-state index contributed by atoms with van der Waals surface area (Å²) in [5.74, 6) is 1.68. The lowest BCUT2D eigenvalue weighted by atomic mass is 10.1. The zero-order valence-electron chi connectivity index (χ0n) is 16.9. The number of nitrogens with one attached hydrogen (secondary N) is 1. The number of methoxy groups -OCH3 is 2. The fourth-order valence-electron chi connectivity index (χ4n) is 2.83. The summed E-state index contributed by atoms with van der Waals surface area (Å²) in [5, 5.41) is 4.83. The topological polar surface area (TPSA) is 73.6 Å². The van der Waals surface area contributed by atoms with Crippen molar-refractivity contribution in [3.63, 3.8) is 0 Å². The van der Waals surface area contributed by atoms with Gasteiger partial charge in [0, 0.05) is 22.7 Å². The van der Waals surface area contributed by atoms with Crippen LogP contribution < -0.4 is 20.5 Å². The lowest BCUT2D eigenvalue weighted by molar-refractivity contribution is 0.102. The first-order valence-electron chi connectivity index (χ1n) is 9.35. The molecule has 6 heteroatoms. The van der Waals surface area contributed by atoms with Crippen LogP contribution in [0.25, 0.3) is 5.70 Å². The number of ether oxygens (including phenoxy) is 2. The molecule has 3 N–H and O–H groups in total. The summed E-state index contributed by atoms with van der Waals surface area (Å²) in [7, 11) is 3.09. The molecular formula is C24H24N2O3S. The molecule has 0 radical (unpaired) electrons. The summed E-state index contributed by atoms with van der Waals surface area (Å²) in [6, 6.07) is 22.7. The van der Waals surface area contributed by atoms with Gasteiger partial charge in [-0.25, -0.2) is 0 Å². The summed E-state index contributed by atoms with van der Waals surface area (Å²) in [4.78, 5) is 12.6. The minimum atomic E-state index is -0.242. The summed E-state index contributed by atoms with van der Waals surface area (Å²) >= 11 is 1.63. The molecule has 0 aliphatic heterocycles. The predicted molar refractivity (Wildman–Crippen MR) is 124 cm³/mol. The maximum Gasteiger partial charge on any atom is 0.255 e. The Labute approximate surface area is 180 Å². The summed E-state index contributed by atoms with van der Waals surface area (Å²) in [5.41, 5.74) is 10.1. The summed E-state index contributed by atoms with van der Waals surface area (Å²) in [6.07, 6.45) is 0. The number of hydrogen-bond acceptors (Lipinski definition) is 5. The lowest BCUT2D eigenvalue weighted by Gasteiger charge is -2.11. The normalized spacial score (nSPS) is 11.1. The Hall–Kier alpha value is -3.38. The molecule has 0 bridgehead atoms. The molecule has 1 amide bonds. The van der Waals surface area contributed by atoms with Gasteiger partial charge in [0.1, 0.15) is 0 Å². The second-order valence-corrected chi connectivity index (χ2v) is 7.33. The van der Waals surface area contributed by atoms with Gasteiger partial charge in [-0.2, -0.15) is 0 Å². The molecule has 154 valence electrons. The summed E-state index contributed by atoms with van der Waals surface area (Å²) < 4.78 is 10.5. The average molecular weight is 421 g/mol. The van der Waals surface area contributed by atoms with Crippen LogP contribution in [0.4, 0.5) is 5.69 Å². The maximum atomic E-state index is 12.6. The van der Waals surface area contributed by atoms with Crippen molar-refractivity contribution in [1.82, 2.24) is 0 Å². The molecule has 0 spiro atoms. The van der Waals surface area contributed by atoms with Gasteiger partial charge in [0.2, 0.25) is 0 Å². The fraction of sp³-hybridized carbons (Fsp3) is 0.125. The van der Waals surface area contributed by atoms with Crippen LogP contribution in [0.1, 0.15) is 21.5 Å². The number of thioether (sulfide) groups is 1. The second-order valence-electron chi connectivity index (χ2n) is 6.47. The van der Waals surface area contributed by atoms with Crippen LogP contribution >= 0.6 is 11.8 Å². The highest BCUT2D eigenvalue weighted by Crippen LogP contribution is 2.28. The van der Waals surface area contributed by atoms with Crippen molar-refractivity contribution in [2.75, 3.05) is 19.5 Å². The Morgan fingerprint density at radius 1 is 0.933 bits per heavy atom. The molecule has 0 saturated carbocycles. The molecule has 0 unspecified atom stereocenters. The van der Waals surface area contributed by atoms with E-state index in [0.29, 0.717) is 28.4 Å². The van der Waals surface area contributed by atoms with Crippen molar-refractivity contribution >= 4 is 29.1 Å². The van der Waals surface area contributed by atoms with Crippen molar-refractivity contribution in [3.8, 4) is 11.5 Å². The smallest absolute Gasteiger partial charge is 0.255 e. The van der Waals surface area contributed by atoms with Crippen LogP contribution in [0, 0.1) is 0 Å². The first-order chi connectivity index (χ1) is 14.6. The number of benzene rings is 3. The van der Waals surface area contributed by atoms with Crippen molar-refractivity contribution < 1.29 is 14.3 Å². The van der Waals surface area contributed by atoms with Crippen LogP contribution in [-0.2, 0) is 5.75 Å². The minimum Gasteiger partial charge on any atom is -0.493 e. The molecule has 30 heavy (non-hydrogen) atoms. The Bertz CT molecular complexity index is 1040. The average Bonchev–Trinajstić information content (AvgIpc) is 2.79. The molecular weight excluding hydrogens is 396 g/mol. The Morgan fingerprint density at radius 3 is 2.43 bits per heavy atom. The number of amides is 1. The van der Waals surface area contributed by atoms with Gasteiger partial charge in [0.15, 0.2) is 11.5 Å². The standard InChI is InChI=1S/C24H24N2O3S/c1-28-22-12-11-19(14-23(22)29-2)24(27)26-20-10-6-9-18(13-20)21(25)16-30-15-17-7-4-3-5-8-17/h3-14,16H,15,25H2,1-2H3,(H,26,27)/b21-16-. The third-order valence-electron chi connectivity index (χ3n) is 4.40. The molecule has 5 nitrogen and oxygen atoms in total. The van der Waals surface area contributed by atoms with Crippen molar-refractivity contribution in [2.24, 2.45) is 5.73 Å². The lowest BCUT2D eigenvalue weighted by Crippen LogP contribution is -2.12. The molecule has 0 fully saturated rings. The van der Waals surface area contributed by atoms with E-state index in [-0.39, 0.29) is 5.91 Å². The van der Waals surface area contributed by atoms with Gasteiger partial charge < -0.3 is 20.5 Å². The third-order valence-corrected chi connectivity index (χ3v) is 5.32. The number of anilines is 1.